The molecule has 0 bridgehead atoms. The zero-order chi connectivity index (χ0) is 20.4. The Kier molecular flexibility index (Phi) is 8.86. The minimum atomic E-state index is -0.377. The number of nitrogens with zero attached hydrogens (tertiary/aromatic N) is 2. The van der Waals surface area contributed by atoms with Gasteiger partial charge in [-0.15, -0.1) is 11.3 Å². The van der Waals surface area contributed by atoms with Crippen LogP contribution in [0.15, 0.2) is 29.6 Å². The van der Waals surface area contributed by atoms with E-state index in [-0.39, 0.29) is 18.4 Å². The lowest BCUT2D eigenvalue weighted by molar-refractivity contribution is -0.131. The number of nitrogens with one attached hydrogen (secondary N) is 2. The number of ether oxygens (including phenoxy) is 2. The molecule has 1 heterocycles. The third-order valence-electron chi connectivity index (χ3n) is 3.90. The third kappa shape index (κ3) is 7.26. The molecule has 0 saturated carbocycles. The molecule has 1 aromatic heterocycles. The van der Waals surface area contributed by atoms with Gasteiger partial charge in [-0.05, 0) is 19.1 Å². The molecular weight excluding hydrogens is 380 g/mol. The van der Waals surface area contributed by atoms with Gasteiger partial charge in [0.15, 0.2) is 5.13 Å². The first-order valence-corrected chi connectivity index (χ1v) is 9.74. The van der Waals surface area contributed by atoms with E-state index in [4.69, 9.17) is 9.47 Å². The smallest absolute Gasteiger partial charge is 0.325 e. The van der Waals surface area contributed by atoms with Crippen molar-refractivity contribution < 1.29 is 19.1 Å². The summed E-state index contributed by atoms with van der Waals surface area (Å²) >= 11 is 1.28. The van der Waals surface area contributed by atoms with Gasteiger partial charge < -0.3 is 19.7 Å². The monoisotopic (exact) mass is 406 g/mol. The molecule has 2 rings (SSSR count). The van der Waals surface area contributed by atoms with Crippen LogP contribution in [0.2, 0.25) is 0 Å². The number of rotatable bonds is 10. The average Bonchev–Trinajstić information content (AvgIpc) is 3.10. The van der Waals surface area contributed by atoms with E-state index in [1.165, 1.54) is 11.3 Å². The molecule has 8 nitrogen and oxygen atoms in total. The Balaban J connectivity index is 1.88. The number of carbonyl (C=O) groups is 2. The summed E-state index contributed by atoms with van der Waals surface area (Å²) in [6, 6.07) is 7.12. The lowest BCUT2D eigenvalue weighted by atomic mass is 10.2. The number of carbonyl (C=O) groups excluding carboxylic acids is 2. The number of methoxy groups -OCH3 is 2. The van der Waals surface area contributed by atoms with Gasteiger partial charge in [-0.25, -0.2) is 9.78 Å². The van der Waals surface area contributed by atoms with E-state index in [9.17, 15) is 9.59 Å². The highest BCUT2D eigenvalue weighted by Crippen LogP contribution is 2.17. The van der Waals surface area contributed by atoms with Gasteiger partial charge in [0.25, 0.3) is 0 Å². The van der Waals surface area contributed by atoms with Crippen molar-refractivity contribution in [2.45, 2.75) is 13.3 Å². The van der Waals surface area contributed by atoms with E-state index in [2.05, 4.69) is 15.6 Å². The predicted molar refractivity (Wildman–Crippen MR) is 110 cm³/mol. The number of hydrogen-bond acceptors (Lipinski definition) is 6. The lowest BCUT2D eigenvalue weighted by Gasteiger charge is -2.21. The molecule has 0 unspecified atom stereocenters. The third-order valence-corrected chi connectivity index (χ3v) is 4.70. The summed E-state index contributed by atoms with van der Waals surface area (Å²) in [5, 5.41) is 7.64. The second-order valence-electron chi connectivity index (χ2n) is 6.13. The molecule has 0 aliphatic heterocycles. The number of amides is 3. The summed E-state index contributed by atoms with van der Waals surface area (Å²) in [7, 11) is 3.19. The maximum Gasteiger partial charge on any atom is 0.325 e. The van der Waals surface area contributed by atoms with Crippen molar-refractivity contribution in [3.05, 3.63) is 40.9 Å². The minimum absolute atomic E-state index is 0.0601. The predicted octanol–water partition coefficient (Wildman–Crippen LogP) is 2.76. The van der Waals surface area contributed by atoms with Crippen molar-refractivity contribution in [2.24, 2.45) is 0 Å². The first-order chi connectivity index (χ1) is 13.5. The zero-order valence-corrected chi connectivity index (χ0v) is 17.2. The maximum absolute atomic E-state index is 12.5. The normalized spacial score (nSPS) is 10.5. The number of aryl methyl sites for hydroxylation is 1. The van der Waals surface area contributed by atoms with Crippen LogP contribution in [0.5, 0.6) is 0 Å². The standard InChI is InChI=1S/C19H26N4O4S/c1-14-4-6-15(7-5-14)20-18(25)22-19-21-16(13-28-19)12-17(24)23(8-10-26-2)9-11-27-3/h4-7,13H,8-12H2,1-3H3,(H2,20,21,22,25). The van der Waals surface area contributed by atoms with Crippen LogP contribution in [-0.4, -0.2) is 62.3 Å². The van der Waals surface area contributed by atoms with Crippen molar-refractivity contribution >= 4 is 34.1 Å². The summed E-state index contributed by atoms with van der Waals surface area (Å²) < 4.78 is 10.1. The van der Waals surface area contributed by atoms with Gasteiger partial charge in [-0.2, -0.15) is 0 Å². The molecule has 0 spiro atoms. The van der Waals surface area contributed by atoms with E-state index in [1.807, 2.05) is 31.2 Å². The molecule has 0 radical (unpaired) electrons. The van der Waals surface area contributed by atoms with E-state index < -0.39 is 0 Å². The van der Waals surface area contributed by atoms with E-state index in [0.717, 1.165) is 5.56 Å². The van der Waals surface area contributed by atoms with Gasteiger partial charge in [0.05, 0.1) is 25.3 Å². The Bertz CT molecular complexity index is 756. The first kappa shape index (κ1) is 21.8. The fourth-order valence-electron chi connectivity index (χ4n) is 2.37. The Morgan fingerprint density at radius 1 is 1.07 bits per heavy atom. The molecule has 2 aromatic rings. The van der Waals surface area contributed by atoms with E-state index in [1.54, 1.807) is 24.5 Å². The van der Waals surface area contributed by atoms with Crippen LogP contribution in [0.3, 0.4) is 0 Å². The van der Waals surface area contributed by atoms with Crippen LogP contribution in [-0.2, 0) is 20.7 Å². The number of hydrogen-bond donors (Lipinski definition) is 2. The molecule has 2 N–H and O–H groups in total. The molecule has 3 amide bonds. The topological polar surface area (TPSA) is 92.8 Å². The van der Waals surface area contributed by atoms with Gasteiger partial charge in [-0.3, -0.25) is 10.1 Å². The summed E-state index contributed by atoms with van der Waals surface area (Å²) in [6.45, 7) is 3.88. The SMILES string of the molecule is COCCN(CCOC)C(=O)Cc1csc(NC(=O)Nc2ccc(C)cc2)n1. The van der Waals surface area contributed by atoms with E-state index in [0.29, 0.717) is 42.8 Å². The lowest BCUT2D eigenvalue weighted by Crippen LogP contribution is -2.37. The minimum Gasteiger partial charge on any atom is -0.383 e. The molecule has 0 atom stereocenters. The Hall–Kier alpha value is -2.49. The molecule has 9 heteroatoms. The number of anilines is 2. The highest BCUT2D eigenvalue weighted by atomic mass is 32.1. The van der Waals surface area contributed by atoms with Crippen LogP contribution in [0.25, 0.3) is 0 Å². The van der Waals surface area contributed by atoms with Crippen molar-refractivity contribution in [2.75, 3.05) is 51.2 Å². The number of thiazole rings is 1. The molecule has 0 saturated heterocycles. The van der Waals surface area contributed by atoms with Gasteiger partial charge in [0, 0.05) is 38.4 Å². The second kappa shape index (κ2) is 11.4. The largest absolute Gasteiger partial charge is 0.383 e. The molecule has 0 aliphatic rings. The van der Waals surface area contributed by atoms with Crippen LogP contribution in [0.4, 0.5) is 15.6 Å². The molecular formula is C19H26N4O4S. The molecule has 0 fully saturated rings. The van der Waals surface area contributed by atoms with Crippen LogP contribution < -0.4 is 10.6 Å². The highest BCUT2D eigenvalue weighted by Gasteiger charge is 2.16. The number of benzene rings is 1. The van der Waals surface area contributed by atoms with Crippen LogP contribution in [0.1, 0.15) is 11.3 Å². The highest BCUT2D eigenvalue weighted by molar-refractivity contribution is 7.14. The molecule has 28 heavy (non-hydrogen) atoms. The first-order valence-electron chi connectivity index (χ1n) is 8.86. The summed E-state index contributed by atoms with van der Waals surface area (Å²) in [6.07, 6.45) is 0.158. The molecule has 1 aromatic carbocycles. The fraction of sp³-hybridized carbons (Fsp3) is 0.421. The van der Waals surface area contributed by atoms with Crippen molar-refractivity contribution in [1.82, 2.24) is 9.88 Å². The summed E-state index contributed by atoms with van der Waals surface area (Å²) in [5.41, 5.74) is 2.42. The fourth-order valence-corrected chi connectivity index (χ4v) is 3.08. The maximum atomic E-state index is 12.5. The van der Waals surface area contributed by atoms with Crippen molar-refractivity contribution in [1.29, 1.82) is 0 Å². The van der Waals surface area contributed by atoms with Crippen molar-refractivity contribution in [3.63, 3.8) is 0 Å². The average molecular weight is 407 g/mol. The Morgan fingerprint density at radius 3 is 2.32 bits per heavy atom. The van der Waals surface area contributed by atoms with Gasteiger partial charge in [0.2, 0.25) is 5.91 Å². The molecule has 152 valence electrons. The summed E-state index contributed by atoms with van der Waals surface area (Å²) in [5.74, 6) is -0.0601. The van der Waals surface area contributed by atoms with Gasteiger partial charge in [-0.1, -0.05) is 17.7 Å². The molecule has 0 aliphatic carbocycles. The van der Waals surface area contributed by atoms with Crippen LogP contribution in [0, 0.1) is 6.92 Å². The Morgan fingerprint density at radius 2 is 1.71 bits per heavy atom. The quantitative estimate of drug-likeness (QED) is 0.633. The number of urea groups is 1. The summed E-state index contributed by atoms with van der Waals surface area (Å²) in [4.78, 5) is 30.6. The van der Waals surface area contributed by atoms with Gasteiger partial charge >= 0.3 is 6.03 Å². The van der Waals surface area contributed by atoms with E-state index >= 15 is 0 Å². The second-order valence-corrected chi connectivity index (χ2v) is 6.99. The van der Waals surface area contributed by atoms with Gasteiger partial charge in [0.1, 0.15) is 0 Å². The Labute approximate surface area is 168 Å². The van der Waals surface area contributed by atoms with Crippen LogP contribution >= 0.6 is 11.3 Å². The number of aromatic nitrogens is 1. The van der Waals surface area contributed by atoms with Crippen molar-refractivity contribution in [3.8, 4) is 0 Å². The zero-order valence-electron chi connectivity index (χ0n) is 16.4.